The van der Waals surface area contributed by atoms with E-state index in [4.69, 9.17) is 10.5 Å². The van der Waals surface area contributed by atoms with Crippen molar-refractivity contribution >= 4 is 11.5 Å². The molecule has 0 fully saturated rings. The van der Waals surface area contributed by atoms with E-state index in [9.17, 15) is 18.7 Å². The van der Waals surface area contributed by atoms with Crippen LogP contribution >= 0.6 is 0 Å². The summed E-state index contributed by atoms with van der Waals surface area (Å²) in [6.45, 7) is 1.49. The van der Waals surface area contributed by atoms with Gasteiger partial charge in [0, 0.05) is 5.56 Å². The van der Waals surface area contributed by atoms with E-state index in [-0.39, 0.29) is 22.7 Å². The van der Waals surface area contributed by atoms with Crippen LogP contribution < -0.4 is 10.5 Å². The first-order valence-electron chi connectivity index (χ1n) is 4.38. The van der Waals surface area contributed by atoms with Crippen LogP contribution in [0.25, 0.3) is 0 Å². The van der Waals surface area contributed by atoms with Gasteiger partial charge >= 0.3 is 6.43 Å². The molecular weight excluding hydrogens is 220 g/mol. The Hall–Kier alpha value is -1.85. The summed E-state index contributed by atoms with van der Waals surface area (Å²) in [4.78, 5) is 11.1. The summed E-state index contributed by atoms with van der Waals surface area (Å²) >= 11 is 0. The van der Waals surface area contributed by atoms with E-state index >= 15 is 0 Å². The zero-order chi connectivity index (χ0) is 12.5. The Balaban J connectivity index is 3.45. The number of halogens is 2. The molecule has 1 rings (SSSR count). The van der Waals surface area contributed by atoms with E-state index in [0.717, 1.165) is 6.07 Å². The molecule has 0 saturated carbocycles. The molecule has 0 atom stereocenters. The first-order valence-corrected chi connectivity index (χ1v) is 4.38. The van der Waals surface area contributed by atoms with E-state index in [1.165, 1.54) is 14.0 Å². The maximum atomic E-state index is 12.3. The quantitative estimate of drug-likeness (QED) is 0.614. The molecule has 88 valence electrons. The van der Waals surface area contributed by atoms with Crippen LogP contribution in [0.5, 0.6) is 11.5 Å². The summed E-state index contributed by atoms with van der Waals surface area (Å²) in [5, 5.41) is 9.40. The Morgan fingerprint density at radius 1 is 1.56 bits per heavy atom. The molecule has 0 radical (unpaired) electrons. The number of Topliss-reactive ketones (excluding diaryl/α,β-unsaturated/α-hetero) is 1. The third kappa shape index (κ3) is 1.91. The average molecular weight is 231 g/mol. The highest BCUT2D eigenvalue weighted by atomic mass is 19.3. The van der Waals surface area contributed by atoms with Gasteiger partial charge in [-0.25, -0.2) is 8.78 Å². The van der Waals surface area contributed by atoms with E-state index < -0.39 is 17.8 Å². The fourth-order valence-corrected chi connectivity index (χ4v) is 1.28. The van der Waals surface area contributed by atoms with Gasteiger partial charge in [-0.1, -0.05) is 0 Å². The van der Waals surface area contributed by atoms with Crippen molar-refractivity contribution in [3.8, 4) is 11.5 Å². The molecule has 0 heterocycles. The standard InChI is InChI=1S/C10H11F2NO3/c1-4-6(14)3-5(8(15)10(11)12)9(16-2)7(4)13/h3,10,14H,13H2,1-2H3. The fourth-order valence-electron chi connectivity index (χ4n) is 1.28. The maximum Gasteiger partial charge on any atom is 0.300 e. The smallest absolute Gasteiger partial charge is 0.300 e. The maximum absolute atomic E-state index is 12.3. The highest BCUT2D eigenvalue weighted by Gasteiger charge is 2.25. The molecular formula is C10H11F2NO3. The van der Waals surface area contributed by atoms with Gasteiger partial charge in [-0.2, -0.15) is 0 Å². The normalized spacial score (nSPS) is 10.6. The molecule has 0 aliphatic carbocycles. The number of rotatable bonds is 3. The van der Waals surface area contributed by atoms with Crippen molar-refractivity contribution in [3.63, 3.8) is 0 Å². The van der Waals surface area contributed by atoms with Crippen molar-refractivity contribution in [2.45, 2.75) is 13.3 Å². The highest BCUT2D eigenvalue weighted by molar-refractivity contribution is 6.03. The van der Waals surface area contributed by atoms with Crippen LogP contribution in [-0.4, -0.2) is 24.4 Å². The number of phenolic OH excluding ortho intramolecular Hbond substituents is 1. The summed E-state index contributed by atoms with van der Waals surface area (Å²) in [7, 11) is 1.21. The molecule has 0 spiro atoms. The summed E-state index contributed by atoms with van der Waals surface area (Å²) in [5.41, 5.74) is 5.39. The van der Waals surface area contributed by atoms with Crippen molar-refractivity contribution < 1.29 is 23.4 Å². The summed E-state index contributed by atoms with van der Waals surface area (Å²) in [6, 6.07) is 0.930. The van der Waals surface area contributed by atoms with Gasteiger partial charge in [-0.3, -0.25) is 4.79 Å². The van der Waals surface area contributed by atoms with Gasteiger partial charge in [0.25, 0.3) is 0 Å². The molecule has 6 heteroatoms. The Kier molecular flexibility index (Phi) is 3.31. The molecule has 0 aliphatic heterocycles. The van der Waals surface area contributed by atoms with Crippen molar-refractivity contribution in [2.75, 3.05) is 12.8 Å². The van der Waals surface area contributed by atoms with Crippen LogP contribution in [0.2, 0.25) is 0 Å². The lowest BCUT2D eigenvalue weighted by Crippen LogP contribution is -2.13. The number of nitrogen functional groups attached to an aromatic ring is 1. The number of phenols is 1. The summed E-state index contributed by atoms with van der Waals surface area (Å²) in [5.74, 6) is -1.89. The predicted molar refractivity (Wildman–Crippen MR) is 54.1 cm³/mol. The first kappa shape index (κ1) is 12.2. The van der Waals surface area contributed by atoms with Gasteiger partial charge in [-0.15, -0.1) is 0 Å². The van der Waals surface area contributed by atoms with Crippen LogP contribution in [0.1, 0.15) is 15.9 Å². The van der Waals surface area contributed by atoms with Crippen LogP contribution in [-0.2, 0) is 0 Å². The van der Waals surface area contributed by atoms with Crippen LogP contribution in [0.3, 0.4) is 0 Å². The van der Waals surface area contributed by atoms with Crippen LogP contribution in [0, 0.1) is 6.92 Å². The Bertz CT molecular complexity index is 433. The lowest BCUT2D eigenvalue weighted by Gasteiger charge is -2.13. The molecule has 3 N–H and O–H groups in total. The van der Waals surface area contributed by atoms with Gasteiger partial charge in [0.15, 0.2) is 5.75 Å². The lowest BCUT2D eigenvalue weighted by molar-refractivity contribution is 0.0675. The molecule has 0 aliphatic rings. The minimum absolute atomic E-state index is 0.0218. The van der Waals surface area contributed by atoms with Crippen molar-refractivity contribution in [2.24, 2.45) is 0 Å². The summed E-state index contributed by atoms with van der Waals surface area (Å²) < 4.78 is 29.3. The molecule has 0 bridgehead atoms. The zero-order valence-corrected chi connectivity index (χ0v) is 8.75. The molecule has 0 amide bonds. The molecule has 16 heavy (non-hydrogen) atoms. The molecule has 0 unspecified atom stereocenters. The number of anilines is 1. The number of alkyl halides is 2. The average Bonchev–Trinajstić information content (AvgIpc) is 2.24. The number of carbonyl (C=O) groups is 1. The van der Waals surface area contributed by atoms with Crippen molar-refractivity contribution in [1.29, 1.82) is 0 Å². The van der Waals surface area contributed by atoms with E-state index in [2.05, 4.69) is 0 Å². The highest BCUT2D eigenvalue weighted by Crippen LogP contribution is 2.36. The Labute approximate surface area is 90.6 Å². The van der Waals surface area contributed by atoms with Crippen LogP contribution in [0.4, 0.5) is 14.5 Å². The second-order valence-electron chi connectivity index (χ2n) is 3.18. The largest absolute Gasteiger partial charge is 0.508 e. The number of methoxy groups -OCH3 is 1. The molecule has 0 aromatic heterocycles. The topological polar surface area (TPSA) is 72.5 Å². The molecule has 1 aromatic rings. The SMILES string of the molecule is COc1c(C(=O)C(F)F)cc(O)c(C)c1N. The number of carbonyl (C=O) groups excluding carboxylic acids is 1. The number of hydrogen-bond donors (Lipinski definition) is 2. The molecule has 4 nitrogen and oxygen atoms in total. The number of aromatic hydroxyl groups is 1. The minimum atomic E-state index is -3.17. The zero-order valence-electron chi connectivity index (χ0n) is 8.75. The Morgan fingerprint density at radius 3 is 2.56 bits per heavy atom. The number of hydrogen-bond acceptors (Lipinski definition) is 4. The van der Waals surface area contributed by atoms with E-state index in [1.54, 1.807) is 0 Å². The summed E-state index contributed by atoms with van der Waals surface area (Å²) in [6.07, 6.45) is -3.17. The fraction of sp³-hybridized carbons (Fsp3) is 0.300. The van der Waals surface area contributed by atoms with Gasteiger partial charge in [0.2, 0.25) is 5.78 Å². The van der Waals surface area contributed by atoms with Crippen LogP contribution in [0.15, 0.2) is 6.07 Å². The van der Waals surface area contributed by atoms with E-state index in [0.29, 0.717) is 0 Å². The second-order valence-corrected chi connectivity index (χ2v) is 3.18. The monoisotopic (exact) mass is 231 g/mol. The molecule has 1 aromatic carbocycles. The minimum Gasteiger partial charge on any atom is -0.508 e. The number of ether oxygens (including phenoxy) is 1. The third-order valence-corrected chi connectivity index (χ3v) is 2.23. The predicted octanol–water partition coefficient (Wildman–Crippen LogP) is 1.74. The molecule has 0 saturated heterocycles. The van der Waals surface area contributed by atoms with Gasteiger partial charge in [0.1, 0.15) is 5.75 Å². The number of benzene rings is 1. The number of nitrogens with two attached hydrogens (primary N) is 1. The van der Waals surface area contributed by atoms with Gasteiger partial charge in [-0.05, 0) is 13.0 Å². The lowest BCUT2D eigenvalue weighted by atomic mass is 10.0. The first-order chi connectivity index (χ1) is 7.40. The van der Waals surface area contributed by atoms with E-state index in [1.807, 2.05) is 0 Å². The third-order valence-electron chi connectivity index (χ3n) is 2.23. The van der Waals surface area contributed by atoms with Gasteiger partial charge < -0.3 is 15.6 Å². The Morgan fingerprint density at radius 2 is 2.12 bits per heavy atom. The number of ketones is 1. The second kappa shape index (κ2) is 4.34. The van der Waals surface area contributed by atoms with Crippen molar-refractivity contribution in [1.82, 2.24) is 0 Å². The van der Waals surface area contributed by atoms with Crippen molar-refractivity contribution in [3.05, 3.63) is 17.2 Å². The van der Waals surface area contributed by atoms with Gasteiger partial charge in [0.05, 0.1) is 18.4 Å².